The van der Waals surface area contributed by atoms with Gasteiger partial charge in [-0.3, -0.25) is 4.79 Å². The molecule has 1 aromatic carbocycles. The van der Waals surface area contributed by atoms with Crippen LogP contribution >= 0.6 is 0 Å². The van der Waals surface area contributed by atoms with Crippen LogP contribution in [0.5, 0.6) is 0 Å². The molecule has 1 amide bonds. The predicted molar refractivity (Wildman–Crippen MR) is 90.4 cm³/mol. The maximum Gasteiger partial charge on any atom is 0.224 e. The van der Waals surface area contributed by atoms with Crippen LogP contribution in [0.1, 0.15) is 17.1 Å². The van der Waals surface area contributed by atoms with E-state index in [-0.39, 0.29) is 12.5 Å². The molecule has 120 valence electrons. The molecule has 0 bridgehead atoms. The smallest absolute Gasteiger partial charge is 0.224 e. The van der Waals surface area contributed by atoms with Crippen molar-refractivity contribution in [3.05, 3.63) is 59.7 Å². The summed E-state index contributed by atoms with van der Waals surface area (Å²) in [6.07, 6.45) is 1.97. The van der Waals surface area contributed by atoms with E-state index in [9.17, 15) is 4.79 Å². The van der Waals surface area contributed by atoms with Gasteiger partial charge in [0.1, 0.15) is 0 Å². The van der Waals surface area contributed by atoms with E-state index in [2.05, 4.69) is 20.3 Å². The number of para-hydroxylation sites is 1. The van der Waals surface area contributed by atoms with Crippen LogP contribution in [-0.2, 0) is 17.8 Å². The van der Waals surface area contributed by atoms with Gasteiger partial charge in [-0.2, -0.15) is 4.98 Å². The molecule has 3 aromatic heterocycles. The average molecular weight is 320 g/mol. The van der Waals surface area contributed by atoms with Gasteiger partial charge in [0.2, 0.25) is 11.8 Å². The van der Waals surface area contributed by atoms with Crippen LogP contribution in [0.25, 0.3) is 22.1 Å². The minimum Gasteiger partial charge on any atom is -0.437 e. The predicted octanol–water partition coefficient (Wildman–Crippen LogP) is 2.87. The maximum absolute atomic E-state index is 12.3. The minimum atomic E-state index is -0.0712. The number of carbonyl (C=O) groups is 1. The van der Waals surface area contributed by atoms with Crippen LogP contribution in [-0.4, -0.2) is 20.9 Å². The maximum atomic E-state index is 12.3. The lowest BCUT2D eigenvalue weighted by Gasteiger charge is -2.03. The molecule has 0 aliphatic heterocycles. The van der Waals surface area contributed by atoms with E-state index in [1.54, 1.807) is 18.3 Å². The third-order valence-corrected chi connectivity index (χ3v) is 4.01. The lowest BCUT2D eigenvalue weighted by atomic mass is 10.1. The van der Waals surface area contributed by atoms with Crippen LogP contribution in [0, 0.1) is 6.92 Å². The molecule has 24 heavy (non-hydrogen) atoms. The zero-order valence-corrected chi connectivity index (χ0v) is 13.2. The molecule has 6 nitrogen and oxygen atoms in total. The summed E-state index contributed by atoms with van der Waals surface area (Å²) in [6.45, 7) is 2.23. The van der Waals surface area contributed by atoms with Gasteiger partial charge in [0.25, 0.3) is 0 Å². The highest BCUT2D eigenvalue weighted by molar-refractivity contribution is 5.90. The number of pyridine rings is 1. The van der Waals surface area contributed by atoms with Crippen molar-refractivity contribution in [1.82, 2.24) is 20.3 Å². The summed E-state index contributed by atoms with van der Waals surface area (Å²) in [5.41, 5.74) is 4.24. The molecule has 0 atom stereocenters. The average Bonchev–Trinajstić information content (AvgIpc) is 3.14. The van der Waals surface area contributed by atoms with Gasteiger partial charge in [0.05, 0.1) is 13.0 Å². The van der Waals surface area contributed by atoms with E-state index in [0.29, 0.717) is 23.5 Å². The van der Waals surface area contributed by atoms with Gasteiger partial charge >= 0.3 is 0 Å². The lowest BCUT2D eigenvalue weighted by molar-refractivity contribution is -0.120. The monoisotopic (exact) mass is 320 g/mol. The van der Waals surface area contributed by atoms with E-state index >= 15 is 0 Å². The Morgan fingerprint density at radius 2 is 2.12 bits per heavy atom. The van der Waals surface area contributed by atoms with E-state index in [4.69, 9.17) is 4.42 Å². The summed E-state index contributed by atoms with van der Waals surface area (Å²) in [6, 6.07) is 11.6. The molecule has 0 aliphatic carbocycles. The number of aromatic amines is 1. The minimum absolute atomic E-state index is 0.0712. The van der Waals surface area contributed by atoms with Gasteiger partial charge in [-0.25, -0.2) is 4.98 Å². The molecule has 0 saturated heterocycles. The molecule has 0 saturated carbocycles. The zero-order chi connectivity index (χ0) is 16.5. The molecule has 0 unspecified atom stereocenters. The molecule has 6 heteroatoms. The standard InChI is InChI=1S/C18H16N4O2/c1-11-13(12-5-2-3-6-14(12)21-11)9-16(23)20-10-17-22-18-15(24-17)7-4-8-19-18/h2-8,21H,9-10H2,1H3,(H,20,23). The molecular weight excluding hydrogens is 304 g/mol. The third-order valence-electron chi connectivity index (χ3n) is 4.01. The first-order chi connectivity index (χ1) is 11.7. The Hall–Kier alpha value is -3.15. The largest absolute Gasteiger partial charge is 0.437 e. The number of amides is 1. The second-order valence-electron chi connectivity index (χ2n) is 5.66. The van der Waals surface area contributed by atoms with Crippen LogP contribution in [0.2, 0.25) is 0 Å². The second-order valence-corrected chi connectivity index (χ2v) is 5.66. The molecule has 4 rings (SSSR count). The molecular formula is C18H16N4O2. The summed E-state index contributed by atoms with van der Waals surface area (Å²) in [5.74, 6) is 0.380. The molecule has 0 aliphatic rings. The quantitative estimate of drug-likeness (QED) is 0.605. The number of hydrogen-bond donors (Lipinski definition) is 2. The Kier molecular flexibility index (Phi) is 3.49. The lowest BCUT2D eigenvalue weighted by Crippen LogP contribution is -2.24. The van der Waals surface area contributed by atoms with Gasteiger partial charge in [0, 0.05) is 22.8 Å². The summed E-state index contributed by atoms with van der Waals surface area (Å²) < 4.78 is 5.55. The number of nitrogens with one attached hydrogen (secondary N) is 2. The summed E-state index contributed by atoms with van der Waals surface area (Å²) in [5, 5.41) is 3.93. The fourth-order valence-corrected chi connectivity index (χ4v) is 2.85. The molecule has 2 N–H and O–H groups in total. The van der Waals surface area contributed by atoms with E-state index in [0.717, 1.165) is 22.2 Å². The molecule has 0 radical (unpaired) electrons. The van der Waals surface area contributed by atoms with Gasteiger partial charge in [-0.1, -0.05) is 18.2 Å². The number of rotatable bonds is 4. The van der Waals surface area contributed by atoms with E-state index in [1.807, 2.05) is 31.2 Å². The number of H-pyrrole nitrogens is 1. The summed E-state index contributed by atoms with van der Waals surface area (Å²) in [7, 11) is 0. The van der Waals surface area contributed by atoms with Gasteiger partial charge in [-0.15, -0.1) is 0 Å². The summed E-state index contributed by atoms with van der Waals surface area (Å²) >= 11 is 0. The Morgan fingerprint density at radius 3 is 3.00 bits per heavy atom. The van der Waals surface area contributed by atoms with Crippen molar-refractivity contribution in [3.8, 4) is 0 Å². The number of hydrogen-bond acceptors (Lipinski definition) is 4. The van der Waals surface area contributed by atoms with Crippen molar-refractivity contribution in [1.29, 1.82) is 0 Å². The van der Waals surface area contributed by atoms with Crippen molar-refractivity contribution in [3.63, 3.8) is 0 Å². The Labute approximate surface area is 137 Å². The number of carbonyl (C=O) groups excluding carboxylic acids is 1. The Balaban J connectivity index is 1.47. The number of aromatic nitrogens is 3. The van der Waals surface area contributed by atoms with Gasteiger partial charge in [0.15, 0.2) is 11.2 Å². The van der Waals surface area contributed by atoms with E-state index in [1.165, 1.54) is 0 Å². The fourth-order valence-electron chi connectivity index (χ4n) is 2.85. The van der Waals surface area contributed by atoms with Crippen LogP contribution in [0.15, 0.2) is 47.0 Å². The first-order valence-corrected chi connectivity index (χ1v) is 7.74. The van der Waals surface area contributed by atoms with Gasteiger partial charge < -0.3 is 14.7 Å². The Morgan fingerprint density at radius 1 is 1.25 bits per heavy atom. The number of aryl methyl sites for hydroxylation is 1. The van der Waals surface area contributed by atoms with Crippen molar-refractivity contribution >= 4 is 28.0 Å². The number of nitrogens with zero attached hydrogens (tertiary/aromatic N) is 2. The van der Waals surface area contributed by atoms with Crippen LogP contribution < -0.4 is 5.32 Å². The SMILES string of the molecule is Cc1[nH]c2ccccc2c1CC(=O)NCc1nc2ncccc2o1. The van der Waals surface area contributed by atoms with Crippen LogP contribution in [0.4, 0.5) is 0 Å². The van der Waals surface area contributed by atoms with Gasteiger partial charge in [-0.05, 0) is 30.7 Å². The first kappa shape index (κ1) is 14.4. The highest BCUT2D eigenvalue weighted by atomic mass is 16.3. The zero-order valence-electron chi connectivity index (χ0n) is 13.2. The van der Waals surface area contributed by atoms with Crippen molar-refractivity contribution < 1.29 is 9.21 Å². The first-order valence-electron chi connectivity index (χ1n) is 7.74. The molecule has 3 heterocycles. The fraction of sp³-hybridized carbons (Fsp3) is 0.167. The Bertz CT molecular complexity index is 999. The molecule has 4 aromatic rings. The second kappa shape index (κ2) is 5.81. The summed E-state index contributed by atoms with van der Waals surface area (Å²) in [4.78, 5) is 24.0. The third kappa shape index (κ3) is 2.62. The van der Waals surface area contributed by atoms with Crippen molar-refractivity contribution in [2.75, 3.05) is 0 Å². The van der Waals surface area contributed by atoms with E-state index < -0.39 is 0 Å². The topological polar surface area (TPSA) is 83.8 Å². The van der Waals surface area contributed by atoms with Crippen molar-refractivity contribution in [2.24, 2.45) is 0 Å². The van der Waals surface area contributed by atoms with Crippen LogP contribution in [0.3, 0.4) is 0 Å². The number of benzene rings is 1. The molecule has 0 spiro atoms. The highest BCUT2D eigenvalue weighted by Crippen LogP contribution is 2.22. The molecule has 0 fully saturated rings. The highest BCUT2D eigenvalue weighted by Gasteiger charge is 2.13. The van der Waals surface area contributed by atoms with Crippen molar-refractivity contribution in [2.45, 2.75) is 19.9 Å². The number of fused-ring (bicyclic) bond motifs is 2. The number of oxazole rings is 1. The normalized spacial score (nSPS) is 11.2.